The smallest absolute Gasteiger partial charge is 0.142 e. The number of nitrogen functional groups attached to an aromatic ring is 1. The number of halogens is 1. The monoisotopic (exact) mass is 267 g/mol. The molecule has 4 heteroatoms. The van der Waals surface area contributed by atoms with Crippen molar-refractivity contribution in [2.45, 2.75) is 20.0 Å². The number of aryl methyl sites for hydroxylation is 1. The van der Waals surface area contributed by atoms with Crippen molar-refractivity contribution in [1.82, 2.24) is 0 Å². The minimum Gasteiger partial charge on any atom is -0.486 e. The van der Waals surface area contributed by atoms with Gasteiger partial charge in [-0.3, -0.25) is 0 Å². The van der Waals surface area contributed by atoms with Crippen molar-refractivity contribution >= 4 is 28.6 Å². The van der Waals surface area contributed by atoms with Gasteiger partial charge >= 0.3 is 0 Å². The molecule has 0 bridgehead atoms. The standard InChI is InChI=1S/C13H14ClNOS/c1-2-10-4-5-11(17-10)8-16-13-6-3-9(14)7-12(13)15/h3-7H,2,8,15H2,1H3. The van der Waals surface area contributed by atoms with Gasteiger partial charge in [-0.15, -0.1) is 11.3 Å². The lowest BCUT2D eigenvalue weighted by Crippen LogP contribution is -1.96. The van der Waals surface area contributed by atoms with Gasteiger partial charge in [0.15, 0.2) is 0 Å². The average Bonchev–Trinajstić information content (AvgIpc) is 2.76. The fourth-order valence-corrected chi connectivity index (χ4v) is 2.54. The van der Waals surface area contributed by atoms with Gasteiger partial charge < -0.3 is 10.5 Å². The van der Waals surface area contributed by atoms with Crippen molar-refractivity contribution < 1.29 is 4.74 Å². The molecule has 0 radical (unpaired) electrons. The van der Waals surface area contributed by atoms with Crippen LogP contribution in [0.1, 0.15) is 16.7 Å². The van der Waals surface area contributed by atoms with E-state index in [-0.39, 0.29) is 0 Å². The van der Waals surface area contributed by atoms with E-state index < -0.39 is 0 Å². The highest BCUT2D eigenvalue weighted by atomic mass is 35.5. The van der Waals surface area contributed by atoms with Crippen LogP contribution in [0.5, 0.6) is 5.75 Å². The SMILES string of the molecule is CCc1ccc(COc2ccc(Cl)cc2N)s1. The van der Waals surface area contributed by atoms with Crippen molar-refractivity contribution in [1.29, 1.82) is 0 Å². The number of ether oxygens (including phenoxy) is 1. The molecule has 0 saturated carbocycles. The largest absolute Gasteiger partial charge is 0.486 e. The molecule has 0 unspecified atom stereocenters. The number of thiophene rings is 1. The highest BCUT2D eigenvalue weighted by molar-refractivity contribution is 7.11. The molecule has 1 aromatic heterocycles. The zero-order valence-electron chi connectivity index (χ0n) is 9.57. The molecule has 1 heterocycles. The molecule has 17 heavy (non-hydrogen) atoms. The summed E-state index contributed by atoms with van der Waals surface area (Å²) in [5.41, 5.74) is 6.38. The van der Waals surface area contributed by atoms with E-state index in [0.717, 1.165) is 6.42 Å². The van der Waals surface area contributed by atoms with Gasteiger partial charge in [-0.1, -0.05) is 18.5 Å². The number of hydrogen-bond donors (Lipinski definition) is 1. The highest BCUT2D eigenvalue weighted by Crippen LogP contribution is 2.26. The van der Waals surface area contributed by atoms with E-state index in [4.69, 9.17) is 22.1 Å². The van der Waals surface area contributed by atoms with Crippen molar-refractivity contribution in [3.8, 4) is 5.75 Å². The van der Waals surface area contributed by atoms with Crippen LogP contribution in [0.3, 0.4) is 0 Å². The molecule has 2 N–H and O–H groups in total. The van der Waals surface area contributed by atoms with Gasteiger partial charge in [0, 0.05) is 14.8 Å². The zero-order chi connectivity index (χ0) is 12.3. The van der Waals surface area contributed by atoms with Crippen LogP contribution in [0, 0.1) is 0 Å². The summed E-state index contributed by atoms with van der Waals surface area (Å²) in [7, 11) is 0. The second kappa shape index (κ2) is 5.43. The molecule has 0 aliphatic carbocycles. The Morgan fingerprint density at radius 2 is 2.00 bits per heavy atom. The summed E-state index contributed by atoms with van der Waals surface area (Å²) in [6, 6.07) is 9.50. The van der Waals surface area contributed by atoms with Crippen molar-refractivity contribution in [3.05, 3.63) is 45.1 Å². The Morgan fingerprint density at radius 3 is 2.65 bits per heavy atom. The number of hydrogen-bond acceptors (Lipinski definition) is 3. The first-order chi connectivity index (χ1) is 8.19. The van der Waals surface area contributed by atoms with Gasteiger partial charge in [0.25, 0.3) is 0 Å². The van der Waals surface area contributed by atoms with Crippen LogP contribution in [-0.2, 0) is 13.0 Å². The molecule has 0 saturated heterocycles. The molecule has 2 rings (SSSR count). The fourth-order valence-electron chi connectivity index (χ4n) is 1.49. The van der Waals surface area contributed by atoms with Gasteiger partial charge in [-0.05, 0) is 36.8 Å². The molecule has 0 aliphatic heterocycles. The van der Waals surface area contributed by atoms with E-state index in [1.807, 2.05) is 0 Å². The molecule has 2 nitrogen and oxygen atoms in total. The second-order valence-electron chi connectivity index (χ2n) is 3.69. The van der Waals surface area contributed by atoms with E-state index in [2.05, 4.69) is 19.1 Å². The summed E-state index contributed by atoms with van der Waals surface area (Å²) in [6.45, 7) is 2.70. The summed E-state index contributed by atoms with van der Waals surface area (Å²) >= 11 is 7.59. The lowest BCUT2D eigenvalue weighted by atomic mass is 10.3. The van der Waals surface area contributed by atoms with Crippen LogP contribution in [0.4, 0.5) is 5.69 Å². The molecule has 1 aromatic carbocycles. The summed E-state index contributed by atoms with van der Waals surface area (Å²) in [5.74, 6) is 0.681. The molecule has 0 amide bonds. The lowest BCUT2D eigenvalue weighted by Gasteiger charge is -2.07. The van der Waals surface area contributed by atoms with Crippen LogP contribution in [0.25, 0.3) is 0 Å². The van der Waals surface area contributed by atoms with Gasteiger partial charge in [0.2, 0.25) is 0 Å². The first kappa shape index (κ1) is 12.3. The van der Waals surface area contributed by atoms with Gasteiger partial charge in [0.05, 0.1) is 5.69 Å². The number of benzene rings is 1. The quantitative estimate of drug-likeness (QED) is 0.846. The van der Waals surface area contributed by atoms with E-state index >= 15 is 0 Å². The Labute approximate surface area is 110 Å². The summed E-state index contributed by atoms with van der Waals surface area (Å²) in [5, 5.41) is 0.624. The molecule has 2 aromatic rings. The third-order valence-corrected chi connectivity index (χ3v) is 3.85. The minimum atomic E-state index is 0.552. The lowest BCUT2D eigenvalue weighted by molar-refractivity contribution is 0.311. The van der Waals surface area contributed by atoms with E-state index in [1.165, 1.54) is 9.75 Å². The maximum absolute atomic E-state index is 5.82. The first-order valence-corrected chi connectivity index (χ1v) is 6.64. The van der Waals surface area contributed by atoms with Crippen molar-refractivity contribution in [3.63, 3.8) is 0 Å². The molecule has 0 atom stereocenters. The Hall–Kier alpha value is -1.19. The first-order valence-electron chi connectivity index (χ1n) is 5.44. The summed E-state index contributed by atoms with van der Waals surface area (Å²) < 4.78 is 5.66. The molecular weight excluding hydrogens is 254 g/mol. The maximum atomic E-state index is 5.82. The van der Waals surface area contributed by atoms with Crippen molar-refractivity contribution in [2.24, 2.45) is 0 Å². The van der Waals surface area contributed by atoms with E-state index in [9.17, 15) is 0 Å². The van der Waals surface area contributed by atoms with Gasteiger partial charge in [-0.25, -0.2) is 0 Å². The highest BCUT2D eigenvalue weighted by Gasteiger charge is 2.03. The maximum Gasteiger partial charge on any atom is 0.142 e. The molecule has 90 valence electrons. The number of nitrogens with two attached hydrogens (primary N) is 1. The topological polar surface area (TPSA) is 35.2 Å². The third-order valence-electron chi connectivity index (χ3n) is 2.41. The van der Waals surface area contributed by atoms with Crippen molar-refractivity contribution in [2.75, 3.05) is 5.73 Å². The summed E-state index contributed by atoms with van der Waals surface area (Å²) in [6.07, 6.45) is 1.06. The number of anilines is 1. The number of rotatable bonds is 4. The average molecular weight is 268 g/mol. The van der Waals surface area contributed by atoms with Crippen LogP contribution in [-0.4, -0.2) is 0 Å². The van der Waals surface area contributed by atoms with E-state index in [0.29, 0.717) is 23.1 Å². The molecule has 0 fully saturated rings. The van der Waals surface area contributed by atoms with E-state index in [1.54, 1.807) is 29.5 Å². The van der Waals surface area contributed by atoms with Crippen LogP contribution in [0.2, 0.25) is 5.02 Å². The molecule has 0 spiro atoms. The third kappa shape index (κ3) is 3.14. The Balaban J connectivity index is 2.02. The molecule has 0 aliphatic rings. The van der Waals surface area contributed by atoms with Gasteiger partial charge in [0.1, 0.15) is 12.4 Å². The van der Waals surface area contributed by atoms with Crippen LogP contribution in [0.15, 0.2) is 30.3 Å². The summed E-state index contributed by atoms with van der Waals surface area (Å²) in [4.78, 5) is 2.57. The fraction of sp³-hybridized carbons (Fsp3) is 0.231. The zero-order valence-corrected chi connectivity index (χ0v) is 11.1. The normalized spacial score (nSPS) is 10.5. The Bertz CT molecular complexity index is 510. The predicted molar refractivity (Wildman–Crippen MR) is 73.9 cm³/mol. The second-order valence-corrected chi connectivity index (χ2v) is 5.38. The van der Waals surface area contributed by atoms with Crippen LogP contribution >= 0.6 is 22.9 Å². The van der Waals surface area contributed by atoms with Gasteiger partial charge in [-0.2, -0.15) is 0 Å². The van der Waals surface area contributed by atoms with Crippen LogP contribution < -0.4 is 10.5 Å². The minimum absolute atomic E-state index is 0.552. The Kier molecular flexibility index (Phi) is 3.92. The molecular formula is C13H14ClNOS. The Morgan fingerprint density at radius 1 is 1.24 bits per heavy atom. The predicted octanol–water partition coefficient (Wildman–Crippen LogP) is 4.13.